The monoisotopic (exact) mass is 407 g/mol. The molecule has 0 fully saturated rings. The van der Waals surface area contributed by atoms with Crippen LogP contribution in [0, 0.1) is 0 Å². The van der Waals surface area contributed by atoms with Crippen molar-refractivity contribution in [1.29, 1.82) is 0 Å². The molecule has 1 aromatic carbocycles. The van der Waals surface area contributed by atoms with Crippen LogP contribution in [0.25, 0.3) is 0 Å². The molecule has 0 unspecified atom stereocenters. The highest BCUT2D eigenvalue weighted by Crippen LogP contribution is 2.28. The molecule has 2 aromatic rings. The molecule has 0 radical (unpaired) electrons. The molecule has 0 saturated carbocycles. The molecule has 0 aliphatic heterocycles. The van der Waals surface area contributed by atoms with Crippen molar-refractivity contribution < 1.29 is 8.42 Å². The highest BCUT2D eigenvalue weighted by molar-refractivity contribution is 9.11. The minimum absolute atomic E-state index is 0.153. The number of nitrogens with one attached hydrogen (secondary N) is 2. The van der Waals surface area contributed by atoms with Gasteiger partial charge in [-0.15, -0.1) is 0 Å². The summed E-state index contributed by atoms with van der Waals surface area (Å²) in [5, 5.41) is 0. The lowest BCUT2D eigenvalue weighted by Crippen LogP contribution is -2.12. The Morgan fingerprint density at radius 2 is 2.00 bits per heavy atom. The summed E-state index contributed by atoms with van der Waals surface area (Å²) in [5.41, 5.74) is 6.57. The van der Waals surface area contributed by atoms with Crippen LogP contribution < -0.4 is 10.5 Å². The van der Waals surface area contributed by atoms with Gasteiger partial charge in [-0.25, -0.2) is 8.42 Å². The van der Waals surface area contributed by atoms with Crippen molar-refractivity contribution in [2.45, 2.75) is 11.4 Å². The maximum atomic E-state index is 12.2. The predicted molar refractivity (Wildman–Crippen MR) is 81.3 cm³/mol. The molecule has 0 spiro atoms. The Balaban J connectivity index is 2.33. The van der Waals surface area contributed by atoms with Crippen molar-refractivity contribution in [1.82, 2.24) is 4.98 Å². The number of H-pyrrole nitrogens is 1. The first-order valence-corrected chi connectivity index (χ1v) is 8.34. The van der Waals surface area contributed by atoms with Gasteiger partial charge < -0.3 is 10.7 Å². The molecule has 102 valence electrons. The first-order chi connectivity index (χ1) is 8.92. The molecule has 2 rings (SSSR count). The van der Waals surface area contributed by atoms with Gasteiger partial charge in [-0.3, -0.25) is 4.72 Å². The van der Waals surface area contributed by atoms with E-state index in [1.165, 1.54) is 12.3 Å². The summed E-state index contributed by atoms with van der Waals surface area (Å²) in [4.78, 5) is 2.96. The van der Waals surface area contributed by atoms with Crippen molar-refractivity contribution in [2.24, 2.45) is 5.73 Å². The van der Waals surface area contributed by atoms with Gasteiger partial charge in [0.25, 0.3) is 10.0 Å². The highest BCUT2D eigenvalue weighted by Gasteiger charge is 2.17. The lowest BCUT2D eigenvalue weighted by Gasteiger charge is -2.08. The van der Waals surface area contributed by atoms with E-state index in [9.17, 15) is 8.42 Å². The van der Waals surface area contributed by atoms with Crippen molar-refractivity contribution in [2.75, 3.05) is 4.72 Å². The maximum absolute atomic E-state index is 12.2. The zero-order chi connectivity index (χ0) is 14.0. The van der Waals surface area contributed by atoms with Crippen LogP contribution in [0.4, 0.5) is 5.69 Å². The SMILES string of the molecule is NCc1cc(S(=O)(=O)Nc2cc(Br)ccc2Br)c[nH]1. The molecule has 19 heavy (non-hydrogen) atoms. The molecule has 0 aliphatic carbocycles. The predicted octanol–water partition coefficient (Wildman–Crippen LogP) is 2.80. The number of aromatic amines is 1. The molecule has 0 amide bonds. The number of aromatic nitrogens is 1. The van der Waals surface area contributed by atoms with Crippen LogP contribution in [0.15, 0.2) is 44.3 Å². The van der Waals surface area contributed by atoms with E-state index in [0.29, 0.717) is 15.9 Å². The molecule has 8 heteroatoms. The van der Waals surface area contributed by atoms with Crippen LogP contribution in [-0.4, -0.2) is 13.4 Å². The van der Waals surface area contributed by atoms with Crippen molar-refractivity contribution >= 4 is 47.6 Å². The van der Waals surface area contributed by atoms with Crippen LogP contribution >= 0.6 is 31.9 Å². The zero-order valence-electron chi connectivity index (χ0n) is 9.65. The molecule has 0 atom stereocenters. The molecule has 4 N–H and O–H groups in total. The fourth-order valence-electron chi connectivity index (χ4n) is 1.47. The smallest absolute Gasteiger partial charge is 0.263 e. The quantitative estimate of drug-likeness (QED) is 0.726. The van der Waals surface area contributed by atoms with Gasteiger partial charge in [0.05, 0.1) is 5.69 Å². The number of sulfonamides is 1. The maximum Gasteiger partial charge on any atom is 0.263 e. The number of nitrogens with two attached hydrogens (primary N) is 1. The Labute approximate surface area is 127 Å². The Hall–Kier alpha value is -0.830. The standard InChI is InChI=1S/C11H11Br2N3O2S/c12-7-1-2-10(13)11(3-7)16-19(17,18)9-4-8(5-14)15-6-9/h1-4,6,15-16H,5,14H2. The molecule has 0 saturated heterocycles. The second-order valence-corrected chi connectivity index (χ2v) is 7.25. The molecule has 0 bridgehead atoms. The largest absolute Gasteiger partial charge is 0.363 e. The number of hydrogen-bond acceptors (Lipinski definition) is 3. The van der Waals surface area contributed by atoms with E-state index in [4.69, 9.17) is 5.73 Å². The van der Waals surface area contributed by atoms with Gasteiger partial charge in [0.1, 0.15) is 4.90 Å². The molecular weight excluding hydrogens is 398 g/mol. The highest BCUT2D eigenvalue weighted by atomic mass is 79.9. The fraction of sp³-hybridized carbons (Fsp3) is 0.0909. The molecule has 0 aliphatic rings. The lowest BCUT2D eigenvalue weighted by molar-refractivity contribution is 0.601. The van der Waals surface area contributed by atoms with E-state index >= 15 is 0 Å². The fourth-order valence-corrected chi connectivity index (χ4v) is 3.40. The third kappa shape index (κ3) is 3.38. The summed E-state index contributed by atoms with van der Waals surface area (Å²) in [6.45, 7) is 0.260. The lowest BCUT2D eigenvalue weighted by atomic mass is 10.3. The van der Waals surface area contributed by atoms with E-state index in [1.54, 1.807) is 12.1 Å². The van der Waals surface area contributed by atoms with Gasteiger partial charge in [-0.1, -0.05) is 15.9 Å². The van der Waals surface area contributed by atoms with Crippen molar-refractivity contribution in [3.8, 4) is 0 Å². The Morgan fingerprint density at radius 1 is 1.26 bits per heavy atom. The van der Waals surface area contributed by atoms with Gasteiger partial charge >= 0.3 is 0 Å². The number of hydrogen-bond donors (Lipinski definition) is 3. The average Bonchev–Trinajstić information content (AvgIpc) is 2.83. The molecule has 1 aromatic heterocycles. The molecular formula is C11H11Br2N3O2S. The summed E-state index contributed by atoms with van der Waals surface area (Å²) < 4.78 is 28.3. The third-order valence-electron chi connectivity index (χ3n) is 2.42. The number of anilines is 1. The van der Waals surface area contributed by atoms with E-state index in [2.05, 4.69) is 41.6 Å². The third-order valence-corrected chi connectivity index (χ3v) is 4.95. The number of rotatable bonds is 4. The normalized spacial score (nSPS) is 11.5. The number of benzene rings is 1. The number of halogens is 2. The van der Waals surface area contributed by atoms with Gasteiger partial charge in [-0.05, 0) is 40.2 Å². The van der Waals surface area contributed by atoms with Gasteiger partial charge in [-0.2, -0.15) is 0 Å². The summed E-state index contributed by atoms with van der Waals surface area (Å²) in [5.74, 6) is 0. The van der Waals surface area contributed by atoms with Gasteiger partial charge in [0.15, 0.2) is 0 Å². The Kier molecular flexibility index (Phi) is 4.34. The van der Waals surface area contributed by atoms with E-state index in [-0.39, 0.29) is 11.4 Å². The minimum Gasteiger partial charge on any atom is -0.363 e. The Morgan fingerprint density at radius 3 is 2.63 bits per heavy atom. The van der Waals surface area contributed by atoms with E-state index < -0.39 is 10.0 Å². The summed E-state index contributed by atoms with van der Waals surface area (Å²) in [6, 6.07) is 6.75. The second-order valence-electron chi connectivity index (χ2n) is 3.79. The molecule has 5 nitrogen and oxygen atoms in total. The topological polar surface area (TPSA) is 88.0 Å². The van der Waals surface area contributed by atoms with Crippen molar-refractivity contribution in [3.63, 3.8) is 0 Å². The molecule has 1 heterocycles. The van der Waals surface area contributed by atoms with E-state index in [1.807, 2.05) is 6.07 Å². The van der Waals surface area contributed by atoms with Crippen molar-refractivity contribution in [3.05, 3.63) is 45.1 Å². The zero-order valence-corrected chi connectivity index (χ0v) is 13.6. The van der Waals surface area contributed by atoms with Crippen LogP contribution in [-0.2, 0) is 16.6 Å². The first kappa shape index (κ1) is 14.6. The second kappa shape index (κ2) is 5.66. The average molecular weight is 409 g/mol. The van der Waals surface area contributed by atoms with Crippen LogP contribution in [0.3, 0.4) is 0 Å². The van der Waals surface area contributed by atoms with Crippen LogP contribution in [0.2, 0.25) is 0 Å². The summed E-state index contributed by atoms with van der Waals surface area (Å²) >= 11 is 6.60. The Bertz CT molecular complexity index is 698. The minimum atomic E-state index is -3.63. The first-order valence-electron chi connectivity index (χ1n) is 5.27. The van der Waals surface area contributed by atoms with Crippen LogP contribution in [0.1, 0.15) is 5.69 Å². The summed E-state index contributed by atoms with van der Waals surface area (Å²) in [6.07, 6.45) is 1.41. The van der Waals surface area contributed by atoms with Crippen LogP contribution in [0.5, 0.6) is 0 Å². The van der Waals surface area contributed by atoms with Gasteiger partial charge in [0, 0.05) is 27.4 Å². The van der Waals surface area contributed by atoms with Gasteiger partial charge in [0.2, 0.25) is 0 Å². The summed E-state index contributed by atoms with van der Waals surface area (Å²) in [7, 11) is -3.63. The van der Waals surface area contributed by atoms with E-state index in [0.717, 1.165) is 4.47 Å².